The fourth-order valence-corrected chi connectivity index (χ4v) is 2.98. The van der Waals surface area contributed by atoms with Crippen LogP contribution in [0.3, 0.4) is 0 Å². The number of hydrogen-bond acceptors (Lipinski definition) is 4. The lowest BCUT2D eigenvalue weighted by Gasteiger charge is -2.22. The zero-order chi connectivity index (χ0) is 14.8. The second-order valence-corrected chi connectivity index (χ2v) is 6.80. The van der Waals surface area contributed by atoms with Crippen LogP contribution in [0.25, 0.3) is 0 Å². The average Bonchev–Trinajstić information content (AvgIpc) is 2.83. The van der Waals surface area contributed by atoms with Crippen LogP contribution in [0.1, 0.15) is 19.8 Å². The number of nitrogens with two attached hydrogens (primary N) is 1. The molecule has 1 fully saturated rings. The summed E-state index contributed by atoms with van der Waals surface area (Å²) in [7, 11) is -3.87. The van der Waals surface area contributed by atoms with Crippen LogP contribution in [-0.2, 0) is 10.0 Å². The van der Waals surface area contributed by atoms with E-state index < -0.39 is 15.8 Å². The number of likely N-dealkylation sites (tertiary alicyclic amines) is 1. The highest BCUT2D eigenvalue weighted by Crippen LogP contribution is 2.19. The van der Waals surface area contributed by atoms with Crippen LogP contribution in [0.15, 0.2) is 23.1 Å². The molecule has 112 valence electrons. The molecule has 1 atom stereocenters. The molecule has 0 aromatic heterocycles. The molecule has 3 N–H and O–H groups in total. The van der Waals surface area contributed by atoms with Gasteiger partial charge in [-0.15, -0.1) is 0 Å². The molecule has 0 saturated carbocycles. The first-order valence-corrected chi connectivity index (χ1v) is 8.22. The van der Waals surface area contributed by atoms with Gasteiger partial charge in [-0.3, -0.25) is 0 Å². The lowest BCUT2D eigenvalue weighted by molar-refractivity contribution is 0.327. The maximum atomic E-state index is 13.9. The van der Waals surface area contributed by atoms with Crippen molar-refractivity contribution in [2.24, 2.45) is 5.14 Å². The molecule has 1 aromatic carbocycles. The molecule has 1 unspecified atom stereocenters. The van der Waals surface area contributed by atoms with Crippen molar-refractivity contribution in [2.75, 3.05) is 25.0 Å². The molecule has 0 spiro atoms. The normalized spacial score (nSPS) is 18.1. The average molecular weight is 301 g/mol. The van der Waals surface area contributed by atoms with E-state index in [-0.39, 0.29) is 10.9 Å². The lowest BCUT2D eigenvalue weighted by atomic mass is 10.2. The van der Waals surface area contributed by atoms with Crippen molar-refractivity contribution in [3.05, 3.63) is 24.0 Å². The fraction of sp³-hybridized carbons (Fsp3) is 0.538. The molecule has 0 aliphatic carbocycles. The quantitative estimate of drug-likeness (QED) is 0.861. The van der Waals surface area contributed by atoms with Gasteiger partial charge in [0.2, 0.25) is 10.0 Å². The van der Waals surface area contributed by atoms with Gasteiger partial charge < -0.3 is 10.2 Å². The Balaban J connectivity index is 2.02. The molecule has 0 bridgehead atoms. The lowest BCUT2D eigenvalue weighted by Crippen LogP contribution is -2.33. The van der Waals surface area contributed by atoms with Gasteiger partial charge in [-0.25, -0.2) is 17.9 Å². The van der Waals surface area contributed by atoms with Crippen molar-refractivity contribution in [3.8, 4) is 0 Å². The summed E-state index contributed by atoms with van der Waals surface area (Å²) in [6, 6.07) is 3.75. The molecule has 20 heavy (non-hydrogen) atoms. The fourth-order valence-electron chi connectivity index (χ4n) is 2.45. The van der Waals surface area contributed by atoms with Gasteiger partial charge in [0, 0.05) is 12.6 Å². The smallest absolute Gasteiger partial charge is 0.238 e. The monoisotopic (exact) mass is 301 g/mol. The molecule has 0 amide bonds. The molecule has 0 radical (unpaired) electrons. The Labute approximate surface area is 119 Å². The van der Waals surface area contributed by atoms with Crippen molar-refractivity contribution in [3.63, 3.8) is 0 Å². The summed E-state index contributed by atoms with van der Waals surface area (Å²) < 4.78 is 36.1. The van der Waals surface area contributed by atoms with E-state index in [1.807, 2.05) is 6.92 Å². The van der Waals surface area contributed by atoms with Gasteiger partial charge in [-0.05, 0) is 51.1 Å². The molecular formula is C13H20FN3O2S. The van der Waals surface area contributed by atoms with Gasteiger partial charge in [-0.1, -0.05) is 0 Å². The molecule has 7 heteroatoms. The number of nitrogens with one attached hydrogen (secondary N) is 1. The Hall–Kier alpha value is -1.18. The third kappa shape index (κ3) is 3.91. The zero-order valence-electron chi connectivity index (χ0n) is 11.5. The number of nitrogens with zero attached hydrogens (tertiary/aromatic N) is 1. The topological polar surface area (TPSA) is 75.4 Å². The van der Waals surface area contributed by atoms with E-state index >= 15 is 0 Å². The highest BCUT2D eigenvalue weighted by atomic mass is 32.2. The molecule has 1 aliphatic rings. The maximum Gasteiger partial charge on any atom is 0.238 e. The third-order valence-corrected chi connectivity index (χ3v) is 4.31. The van der Waals surface area contributed by atoms with E-state index in [1.165, 1.54) is 25.0 Å². The number of benzene rings is 1. The van der Waals surface area contributed by atoms with Crippen molar-refractivity contribution >= 4 is 15.7 Å². The first-order chi connectivity index (χ1) is 9.36. The number of primary sulfonamides is 1. The summed E-state index contributed by atoms with van der Waals surface area (Å²) in [5.41, 5.74) is 0.295. The minimum atomic E-state index is -3.87. The number of sulfonamides is 1. The van der Waals surface area contributed by atoms with Crippen LogP contribution in [0, 0.1) is 5.82 Å². The van der Waals surface area contributed by atoms with Crippen molar-refractivity contribution in [1.29, 1.82) is 0 Å². The molecule has 1 saturated heterocycles. The Morgan fingerprint density at radius 1 is 1.40 bits per heavy atom. The van der Waals surface area contributed by atoms with Gasteiger partial charge in [0.1, 0.15) is 5.82 Å². The van der Waals surface area contributed by atoms with E-state index in [4.69, 9.17) is 5.14 Å². The molecule has 1 heterocycles. The van der Waals surface area contributed by atoms with Crippen LogP contribution >= 0.6 is 0 Å². The Kier molecular flexibility index (Phi) is 4.62. The van der Waals surface area contributed by atoms with Gasteiger partial charge in [0.05, 0.1) is 10.6 Å². The number of anilines is 1. The largest absolute Gasteiger partial charge is 0.379 e. The first kappa shape index (κ1) is 15.2. The second-order valence-electron chi connectivity index (χ2n) is 5.24. The van der Waals surface area contributed by atoms with Crippen LogP contribution in [0.4, 0.5) is 10.1 Å². The number of hydrogen-bond donors (Lipinski definition) is 2. The third-order valence-electron chi connectivity index (χ3n) is 3.40. The van der Waals surface area contributed by atoms with Crippen LogP contribution in [-0.4, -0.2) is 39.0 Å². The highest BCUT2D eigenvalue weighted by molar-refractivity contribution is 7.89. The predicted molar refractivity (Wildman–Crippen MR) is 76.5 cm³/mol. The van der Waals surface area contributed by atoms with Crippen molar-refractivity contribution in [1.82, 2.24) is 4.90 Å². The SMILES string of the molecule is CC(CN1CCCC1)Nc1ccc(S(N)(=O)=O)cc1F. The summed E-state index contributed by atoms with van der Waals surface area (Å²) >= 11 is 0. The summed E-state index contributed by atoms with van der Waals surface area (Å²) in [6.07, 6.45) is 2.42. The van der Waals surface area contributed by atoms with Crippen LogP contribution in [0.2, 0.25) is 0 Å². The van der Waals surface area contributed by atoms with Crippen molar-refractivity contribution < 1.29 is 12.8 Å². The first-order valence-electron chi connectivity index (χ1n) is 6.67. The Bertz CT molecular complexity index is 571. The minimum Gasteiger partial charge on any atom is -0.379 e. The van der Waals surface area contributed by atoms with Gasteiger partial charge in [0.25, 0.3) is 0 Å². The van der Waals surface area contributed by atoms with Crippen LogP contribution < -0.4 is 10.5 Å². The second kappa shape index (κ2) is 6.07. The van der Waals surface area contributed by atoms with E-state index in [0.717, 1.165) is 25.7 Å². The number of halogens is 1. The molecule has 1 aliphatic heterocycles. The zero-order valence-corrected chi connectivity index (χ0v) is 12.3. The molecule has 5 nitrogen and oxygen atoms in total. The molecule has 1 aromatic rings. The molecule has 2 rings (SSSR count). The van der Waals surface area contributed by atoms with E-state index in [1.54, 1.807) is 0 Å². The maximum absolute atomic E-state index is 13.9. The summed E-state index contributed by atoms with van der Waals surface area (Å²) in [4.78, 5) is 2.11. The van der Waals surface area contributed by atoms with Gasteiger partial charge >= 0.3 is 0 Å². The highest BCUT2D eigenvalue weighted by Gasteiger charge is 2.16. The van der Waals surface area contributed by atoms with Crippen molar-refractivity contribution in [2.45, 2.75) is 30.7 Å². The summed E-state index contributed by atoms with van der Waals surface area (Å²) in [6.45, 7) is 4.99. The number of rotatable bonds is 5. The van der Waals surface area contributed by atoms with Crippen LogP contribution in [0.5, 0.6) is 0 Å². The van der Waals surface area contributed by atoms with Gasteiger partial charge in [-0.2, -0.15) is 0 Å². The Morgan fingerprint density at radius 2 is 2.05 bits per heavy atom. The Morgan fingerprint density at radius 3 is 2.60 bits per heavy atom. The summed E-state index contributed by atoms with van der Waals surface area (Å²) in [5, 5.41) is 8.03. The predicted octanol–water partition coefficient (Wildman–Crippen LogP) is 1.37. The van der Waals surface area contributed by atoms with E-state index in [9.17, 15) is 12.8 Å². The molecular weight excluding hydrogens is 281 g/mol. The minimum absolute atomic E-state index is 0.0860. The van der Waals surface area contributed by atoms with E-state index in [2.05, 4.69) is 10.2 Å². The summed E-state index contributed by atoms with van der Waals surface area (Å²) in [5.74, 6) is -0.607. The standard InChI is InChI=1S/C13H20FN3O2S/c1-10(9-17-6-2-3-7-17)16-13-5-4-11(8-12(13)14)20(15,18)19/h4-5,8,10,16H,2-3,6-7,9H2,1H3,(H2,15,18,19). The van der Waals surface area contributed by atoms with Gasteiger partial charge in [0.15, 0.2) is 0 Å². The van der Waals surface area contributed by atoms with E-state index in [0.29, 0.717) is 5.69 Å².